The molecule has 1 atom stereocenters. The highest BCUT2D eigenvalue weighted by atomic mass is 15.3. The van der Waals surface area contributed by atoms with Gasteiger partial charge in [-0.25, -0.2) is 0 Å². The lowest BCUT2D eigenvalue weighted by Gasteiger charge is -2.09. The first-order chi connectivity index (χ1) is 6.27. The van der Waals surface area contributed by atoms with Crippen molar-refractivity contribution < 1.29 is 0 Å². The van der Waals surface area contributed by atoms with Crippen LogP contribution in [0.5, 0.6) is 0 Å². The second-order valence-electron chi connectivity index (χ2n) is 3.95. The Bertz CT molecular complexity index is 284. The minimum Gasteiger partial charge on any atom is -0.316 e. The molecule has 2 heterocycles. The first-order valence-corrected chi connectivity index (χ1v) is 4.97. The zero-order chi connectivity index (χ0) is 9.26. The van der Waals surface area contributed by atoms with E-state index < -0.39 is 0 Å². The van der Waals surface area contributed by atoms with Crippen LogP contribution in [0.1, 0.15) is 17.7 Å². The molecule has 1 aliphatic heterocycles. The third-order valence-electron chi connectivity index (χ3n) is 2.94. The standard InChI is InChI=1S/C10H17N3/c1-8-5-12-13(9(8)2)7-10-3-4-11-6-10/h5,10-11H,3-4,6-7H2,1-2H3. The Morgan fingerprint density at radius 3 is 3.00 bits per heavy atom. The van der Waals surface area contributed by atoms with Gasteiger partial charge in [-0.2, -0.15) is 5.10 Å². The van der Waals surface area contributed by atoms with Gasteiger partial charge in [-0.1, -0.05) is 0 Å². The third kappa shape index (κ3) is 1.75. The number of aryl methyl sites for hydroxylation is 1. The van der Waals surface area contributed by atoms with Crippen molar-refractivity contribution >= 4 is 0 Å². The van der Waals surface area contributed by atoms with E-state index in [1.807, 2.05) is 6.20 Å². The van der Waals surface area contributed by atoms with Gasteiger partial charge in [0.05, 0.1) is 6.20 Å². The molecule has 0 spiro atoms. The Balaban J connectivity index is 2.04. The van der Waals surface area contributed by atoms with Crippen molar-refractivity contribution in [2.75, 3.05) is 13.1 Å². The van der Waals surface area contributed by atoms with Crippen LogP contribution in [0.15, 0.2) is 6.20 Å². The maximum atomic E-state index is 4.37. The smallest absolute Gasteiger partial charge is 0.0521 e. The van der Waals surface area contributed by atoms with Crippen LogP contribution in [-0.4, -0.2) is 22.9 Å². The van der Waals surface area contributed by atoms with Crippen molar-refractivity contribution in [1.29, 1.82) is 0 Å². The molecule has 72 valence electrons. The monoisotopic (exact) mass is 179 g/mol. The summed E-state index contributed by atoms with van der Waals surface area (Å²) in [6.45, 7) is 7.66. The molecule has 1 fully saturated rings. The Morgan fingerprint density at radius 1 is 1.62 bits per heavy atom. The van der Waals surface area contributed by atoms with E-state index in [0.29, 0.717) is 0 Å². The Morgan fingerprint density at radius 2 is 2.46 bits per heavy atom. The first kappa shape index (κ1) is 8.75. The van der Waals surface area contributed by atoms with E-state index in [1.54, 1.807) is 0 Å². The third-order valence-corrected chi connectivity index (χ3v) is 2.94. The van der Waals surface area contributed by atoms with Crippen LogP contribution in [0.3, 0.4) is 0 Å². The molecule has 1 aromatic heterocycles. The summed E-state index contributed by atoms with van der Waals surface area (Å²) < 4.78 is 2.13. The lowest BCUT2D eigenvalue weighted by atomic mass is 10.1. The van der Waals surface area contributed by atoms with Gasteiger partial charge in [-0.15, -0.1) is 0 Å². The highest BCUT2D eigenvalue weighted by molar-refractivity contribution is 5.13. The summed E-state index contributed by atoms with van der Waals surface area (Å²) in [7, 11) is 0. The molecular formula is C10H17N3. The van der Waals surface area contributed by atoms with Gasteiger partial charge in [-0.3, -0.25) is 4.68 Å². The lowest BCUT2D eigenvalue weighted by Crippen LogP contribution is -2.16. The lowest BCUT2D eigenvalue weighted by molar-refractivity contribution is 0.442. The van der Waals surface area contributed by atoms with Crippen LogP contribution in [0.25, 0.3) is 0 Å². The molecule has 0 amide bonds. The quantitative estimate of drug-likeness (QED) is 0.737. The Kier molecular flexibility index (Phi) is 2.36. The van der Waals surface area contributed by atoms with Crippen molar-refractivity contribution in [2.45, 2.75) is 26.8 Å². The number of nitrogens with zero attached hydrogens (tertiary/aromatic N) is 2. The molecule has 13 heavy (non-hydrogen) atoms. The zero-order valence-corrected chi connectivity index (χ0v) is 8.38. The summed E-state index contributed by atoms with van der Waals surface area (Å²) >= 11 is 0. The topological polar surface area (TPSA) is 29.9 Å². The van der Waals surface area contributed by atoms with E-state index in [1.165, 1.54) is 24.2 Å². The molecule has 1 saturated heterocycles. The Labute approximate surface area is 79.1 Å². The van der Waals surface area contributed by atoms with E-state index in [2.05, 4.69) is 28.9 Å². The summed E-state index contributed by atoms with van der Waals surface area (Å²) in [5.41, 5.74) is 2.61. The van der Waals surface area contributed by atoms with E-state index >= 15 is 0 Å². The van der Waals surface area contributed by atoms with Crippen molar-refractivity contribution in [1.82, 2.24) is 15.1 Å². The molecule has 0 bridgehead atoms. The fourth-order valence-electron chi connectivity index (χ4n) is 1.84. The first-order valence-electron chi connectivity index (χ1n) is 4.97. The van der Waals surface area contributed by atoms with Crippen molar-refractivity contribution in [2.24, 2.45) is 5.92 Å². The van der Waals surface area contributed by atoms with Gasteiger partial charge in [0.1, 0.15) is 0 Å². The summed E-state index contributed by atoms with van der Waals surface area (Å²) in [5, 5.41) is 7.75. The zero-order valence-electron chi connectivity index (χ0n) is 8.38. The van der Waals surface area contributed by atoms with Gasteiger partial charge >= 0.3 is 0 Å². The summed E-state index contributed by atoms with van der Waals surface area (Å²) in [5.74, 6) is 0.776. The fourth-order valence-corrected chi connectivity index (χ4v) is 1.84. The molecule has 1 N–H and O–H groups in total. The van der Waals surface area contributed by atoms with Gasteiger partial charge in [0, 0.05) is 12.2 Å². The molecule has 3 nitrogen and oxygen atoms in total. The van der Waals surface area contributed by atoms with Crippen LogP contribution in [-0.2, 0) is 6.54 Å². The maximum absolute atomic E-state index is 4.37. The van der Waals surface area contributed by atoms with Crippen molar-refractivity contribution in [3.63, 3.8) is 0 Å². The second-order valence-corrected chi connectivity index (χ2v) is 3.95. The van der Waals surface area contributed by atoms with Gasteiger partial charge < -0.3 is 5.32 Å². The van der Waals surface area contributed by atoms with Crippen LogP contribution >= 0.6 is 0 Å². The number of hydrogen-bond acceptors (Lipinski definition) is 2. The van der Waals surface area contributed by atoms with Crippen LogP contribution < -0.4 is 5.32 Å². The molecule has 1 aromatic rings. The minimum atomic E-state index is 0.776. The van der Waals surface area contributed by atoms with Gasteiger partial charge in [0.25, 0.3) is 0 Å². The van der Waals surface area contributed by atoms with Crippen LogP contribution in [0, 0.1) is 19.8 Å². The van der Waals surface area contributed by atoms with Crippen molar-refractivity contribution in [3.05, 3.63) is 17.5 Å². The van der Waals surface area contributed by atoms with Gasteiger partial charge in [-0.05, 0) is 44.8 Å². The molecule has 1 aliphatic rings. The summed E-state index contributed by atoms with van der Waals surface area (Å²) in [4.78, 5) is 0. The van der Waals surface area contributed by atoms with Crippen LogP contribution in [0.2, 0.25) is 0 Å². The molecule has 3 heteroatoms. The molecule has 0 aromatic carbocycles. The highest BCUT2D eigenvalue weighted by Gasteiger charge is 2.16. The molecule has 0 saturated carbocycles. The average molecular weight is 179 g/mol. The van der Waals surface area contributed by atoms with E-state index in [-0.39, 0.29) is 0 Å². The van der Waals surface area contributed by atoms with Gasteiger partial charge in [0.15, 0.2) is 0 Å². The van der Waals surface area contributed by atoms with Crippen molar-refractivity contribution in [3.8, 4) is 0 Å². The summed E-state index contributed by atoms with van der Waals surface area (Å²) in [6, 6.07) is 0. The van der Waals surface area contributed by atoms with E-state index in [4.69, 9.17) is 0 Å². The van der Waals surface area contributed by atoms with Crippen LogP contribution in [0.4, 0.5) is 0 Å². The fraction of sp³-hybridized carbons (Fsp3) is 0.700. The maximum Gasteiger partial charge on any atom is 0.0521 e. The Hall–Kier alpha value is -0.830. The minimum absolute atomic E-state index is 0.776. The molecule has 0 aliphatic carbocycles. The average Bonchev–Trinajstić information content (AvgIpc) is 2.71. The van der Waals surface area contributed by atoms with E-state index in [0.717, 1.165) is 19.0 Å². The molecule has 0 radical (unpaired) electrons. The number of hydrogen-bond donors (Lipinski definition) is 1. The molecular weight excluding hydrogens is 162 g/mol. The SMILES string of the molecule is Cc1cnn(CC2CCNC2)c1C. The van der Waals surface area contributed by atoms with E-state index in [9.17, 15) is 0 Å². The normalized spacial score (nSPS) is 22.5. The second kappa shape index (κ2) is 3.50. The molecule has 2 rings (SSSR count). The molecule has 1 unspecified atom stereocenters. The number of aromatic nitrogens is 2. The highest BCUT2D eigenvalue weighted by Crippen LogP contribution is 2.13. The number of nitrogens with one attached hydrogen (secondary N) is 1. The number of rotatable bonds is 2. The van der Waals surface area contributed by atoms with Gasteiger partial charge in [0.2, 0.25) is 0 Å². The summed E-state index contributed by atoms with van der Waals surface area (Å²) in [6.07, 6.45) is 3.25. The predicted molar refractivity (Wildman–Crippen MR) is 52.7 cm³/mol. The largest absolute Gasteiger partial charge is 0.316 e. The predicted octanol–water partition coefficient (Wildman–Crippen LogP) is 1.11.